The normalized spacial score (nSPS) is 12.1. The number of nitrogens with zero attached hydrogens (tertiary/aromatic N) is 5. The summed E-state index contributed by atoms with van der Waals surface area (Å²) in [7, 11) is 1.79. The lowest BCUT2D eigenvalue weighted by Crippen LogP contribution is -2.08. The molecule has 0 bridgehead atoms. The van der Waals surface area contributed by atoms with E-state index < -0.39 is 0 Å². The largest absolute Gasteiger partial charge is 0.486 e. The second-order valence-electron chi connectivity index (χ2n) is 9.62. The standard InChI is InChI=1S/C27H37N5O2/c1-17(2)22-13-24(18(3)4)26(25(14-22)19(5)6)15-34-29-20(7)21-9-11-23(12-10-21)33-16-27-28-30-31-32(27)8/h9-14,17-19H,15-16H2,1-8H3/b29-20+. The third kappa shape index (κ3) is 6.22. The van der Waals surface area contributed by atoms with Crippen LogP contribution in [0.25, 0.3) is 0 Å². The Morgan fingerprint density at radius 1 is 0.912 bits per heavy atom. The number of hydrogen-bond donors (Lipinski definition) is 0. The van der Waals surface area contributed by atoms with E-state index in [0.717, 1.165) is 17.0 Å². The van der Waals surface area contributed by atoms with Crippen LogP contribution in [0.2, 0.25) is 0 Å². The Hall–Kier alpha value is -3.22. The molecule has 1 aromatic heterocycles. The van der Waals surface area contributed by atoms with E-state index in [0.29, 0.717) is 36.8 Å². The van der Waals surface area contributed by atoms with Crippen LogP contribution in [-0.2, 0) is 25.1 Å². The molecule has 0 atom stereocenters. The van der Waals surface area contributed by atoms with Crippen molar-refractivity contribution in [3.63, 3.8) is 0 Å². The molecule has 7 nitrogen and oxygen atoms in total. The van der Waals surface area contributed by atoms with E-state index in [9.17, 15) is 0 Å². The minimum atomic E-state index is 0.311. The second kappa shape index (κ2) is 11.3. The highest BCUT2D eigenvalue weighted by Crippen LogP contribution is 2.32. The van der Waals surface area contributed by atoms with E-state index in [-0.39, 0.29) is 0 Å². The SMILES string of the molecule is C/C(=N\OCc1c(C(C)C)cc(C(C)C)cc1C(C)C)c1ccc(OCc2nnnn2C)cc1. The molecule has 3 aromatic rings. The maximum atomic E-state index is 5.89. The van der Waals surface area contributed by atoms with Crippen molar-refractivity contribution in [3.05, 3.63) is 70.0 Å². The van der Waals surface area contributed by atoms with Gasteiger partial charge in [-0.05, 0) is 87.2 Å². The zero-order valence-electron chi connectivity index (χ0n) is 21.7. The van der Waals surface area contributed by atoms with Crippen molar-refractivity contribution >= 4 is 5.71 Å². The minimum absolute atomic E-state index is 0.311. The molecule has 0 saturated heterocycles. The van der Waals surface area contributed by atoms with Gasteiger partial charge in [0.1, 0.15) is 19.0 Å². The van der Waals surface area contributed by atoms with Gasteiger partial charge >= 0.3 is 0 Å². The lowest BCUT2D eigenvalue weighted by Gasteiger charge is -2.22. The number of hydrogen-bond acceptors (Lipinski definition) is 6. The molecule has 0 amide bonds. The summed E-state index contributed by atoms with van der Waals surface area (Å²) in [5.41, 5.74) is 7.14. The number of aromatic nitrogens is 4. The van der Waals surface area contributed by atoms with E-state index in [1.165, 1.54) is 22.3 Å². The highest BCUT2D eigenvalue weighted by molar-refractivity contribution is 5.98. The fourth-order valence-corrected chi connectivity index (χ4v) is 3.83. The average Bonchev–Trinajstić information content (AvgIpc) is 3.21. The van der Waals surface area contributed by atoms with Crippen molar-refractivity contribution in [2.75, 3.05) is 0 Å². The highest BCUT2D eigenvalue weighted by Gasteiger charge is 2.17. The van der Waals surface area contributed by atoms with Crippen molar-refractivity contribution in [2.45, 2.75) is 79.4 Å². The number of ether oxygens (including phenoxy) is 1. The Balaban J connectivity index is 1.70. The first-order valence-electron chi connectivity index (χ1n) is 11.9. The molecule has 0 aliphatic heterocycles. The van der Waals surface area contributed by atoms with Gasteiger partial charge in [-0.15, -0.1) is 5.10 Å². The number of rotatable bonds is 10. The van der Waals surface area contributed by atoms with Gasteiger partial charge in [0.25, 0.3) is 0 Å². The summed E-state index contributed by atoms with van der Waals surface area (Å²) in [6.45, 7) is 16.2. The molecule has 1 heterocycles. The quantitative estimate of drug-likeness (QED) is 0.268. The second-order valence-corrected chi connectivity index (χ2v) is 9.62. The van der Waals surface area contributed by atoms with Crippen molar-refractivity contribution in [1.29, 1.82) is 0 Å². The van der Waals surface area contributed by atoms with Crippen molar-refractivity contribution in [2.24, 2.45) is 12.2 Å². The first kappa shape index (κ1) is 25.4. The van der Waals surface area contributed by atoms with E-state index in [2.05, 4.69) is 74.4 Å². The summed E-state index contributed by atoms with van der Waals surface area (Å²) in [4.78, 5) is 5.89. The lowest BCUT2D eigenvalue weighted by atomic mass is 9.85. The van der Waals surface area contributed by atoms with E-state index in [1.54, 1.807) is 11.7 Å². The summed E-state index contributed by atoms with van der Waals surface area (Å²) >= 11 is 0. The molecule has 2 aromatic carbocycles. The minimum Gasteiger partial charge on any atom is -0.486 e. The van der Waals surface area contributed by atoms with Crippen LogP contribution >= 0.6 is 0 Å². The van der Waals surface area contributed by atoms with Crippen LogP contribution in [0.1, 0.15) is 99.9 Å². The summed E-state index contributed by atoms with van der Waals surface area (Å²) in [5.74, 6) is 2.75. The Kier molecular flexibility index (Phi) is 8.42. The molecule has 0 radical (unpaired) electrons. The zero-order chi connectivity index (χ0) is 24.8. The van der Waals surface area contributed by atoms with Crippen LogP contribution in [0.15, 0.2) is 41.6 Å². The number of benzene rings is 2. The van der Waals surface area contributed by atoms with Gasteiger partial charge in [0.05, 0.1) is 5.71 Å². The summed E-state index contributed by atoms with van der Waals surface area (Å²) in [5, 5.41) is 15.8. The van der Waals surface area contributed by atoms with Crippen LogP contribution in [-0.4, -0.2) is 25.9 Å². The third-order valence-corrected chi connectivity index (χ3v) is 6.01. The van der Waals surface area contributed by atoms with Gasteiger partial charge in [-0.3, -0.25) is 0 Å². The first-order valence-corrected chi connectivity index (χ1v) is 11.9. The van der Waals surface area contributed by atoms with Crippen molar-refractivity contribution in [3.8, 4) is 5.75 Å². The fraction of sp³-hybridized carbons (Fsp3) is 0.481. The van der Waals surface area contributed by atoms with Gasteiger partial charge in [-0.2, -0.15) is 0 Å². The van der Waals surface area contributed by atoms with Gasteiger partial charge in [0, 0.05) is 7.05 Å². The fourth-order valence-electron chi connectivity index (χ4n) is 3.83. The molecule has 0 unspecified atom stereocenters. The van der Waals surface area contributed by atoms with Gasteiger partial charge in [-0.25, -0.2) is 4.68 Å². The number of oxime groups is 1. The summed E-state index contributed by atoms with van der Waals surface area (Å²) < 4.78 is 7.36. The highest BCUT2D eigenvalue weighted by atomic mass is 16.6. The van der Waals surface area contributed by atoms with Gasteiger partial charge in [0.2, 0.25) is 0 Å². The van der Waals surface area contributed by atoms with Gasteiger partial charge in [-0.1, -0.05) is 58.8 Å². The molecule has 0 aliphatic carbocycles. The number of tetrazole rings is 1. The third-order valence-electron chi connectivity index (χ3n) is 6.01. The molecule has 0 N–H and O–H groups in total. The molecule has 0 saturated carbocycles. The molecule has 34 heavy (non-hydrogen) atoms. The van der Waals surface area contributed by atoms with Crippen LogP contribution in [0, 0.1) is 0 Å². The Labute approximate surface area is 203 Å². The maximum absolute atomic E-state index is 5.89. The molecule has 182 valence electrons. The van der Waals surface area contributed by atoms with Gasteiger partial charge in [0.15, 0.2) is 5.82 Å². The van der Waals surface area contributed by atoms with E-state index >= 15 is 0 Å². The van der Waals surface area contributed by atoms with Gasteiger partial charge < -0.3 is 9.57 Å². The average molecular weight is 464 g/mol. The predicted octanol–water partition coefficient (Wildman–Crippen LogP) is 6.10. The molecule has 3 rings (SSSR count). The van der Waals surface area contributed by atoms with Crippen LogP contribution < -0.4 is 4.74 Å². The number of aryl methyl sites for hydroxylation is 1. The molecule has 0 aliphatic rings. The maximum Gasteiger partial charge on any atom is 0.188 e. The van der Waals surface area contributed by atoms with Crippen LogP contribution in [0.5, 0.6) is 5.75 Å². The predicted molar refractivity (Wildman–Crippen MR) is 135 cm³/mol. The van der Waals surface area contributed by atoms with Crippen molar-refractivity contribution in [1.82, 2.24) is 20.2 Å². The molecule has 7 heteroatoms. The molecular weight excluding hydrogens is 426 g/mol. The van der Waals surface area contributed by atoms with E-state index in [4.69, 9.17) is 9.57 Å². The zero-order valence-corrected chi connectivity index (χ0v) is 21.7. The van der Waals surface area contributed by atoms with Crippen LogP contribution in [0.3, 0.4) is 0 Å². The topological polar surface area (TPSA) is 74.4 Å². The Morgan fingerprint density at radius 3 is 2.03 bits per heavy atom. The smallest absolute Gasteiger partial charge is 0.188 e. The monoisotopic (exact) mass is 463 g/mol. The van der Waals surface area contributed by atoms with Crippen molar-refractivity contribution < 1.29 is 9.57 Å². The van der Waals surface area contributed by atoms with E-state index in [1.807, 2.05) is 31.2 Å². The Morgan fingerprint density at radius 2 is 1.53 bits per heavy atom. The lowest BCUT2D eigenvalue weighted by molar-refractivity contribution is 0.129. The summed E-state index contributed by atoms with van der Waals surface area (Å²) in [6.07, 6.45) is 0. The first-order chi connectivity index (χ1) is 16.2. The molecule has 0 spiro atoms. The Bertz CT molecular complexity index is 1090. The van der Waals surface area contributed by atoms with Crippen LogP contribution in [0.4, 0.5) is 0 Å². The molecular formula is C27H37N5O2. The summed E-state index contributed by atoms with van der Waals surface area (Å²) in [6, 6.07) is 12.5. The molecule has 0 fully saturated rings.